The van der Waals surface area contributed by atoms with Crippen LogP contribution >= 0.6 is 0 Å². The molecular weight excluding hydrogens is 270 g/mol. The topological polar surface area (TPSA) is 3.24 Å². The molecule has 0 unspecified atom stereocenters. The van der Waals surface area contributed by atoms with Crippen LogP contribution in [0.1, 0.15) is 24.8 Å². The smallest absolute Gasteiger partial charge is 0.239 e. The Morgan fingerprint density at radius 2 is 1.85 bits per heavy atom. The van der Waals surface area contributed by atoms with E-state index in [1.807, 2.05) is 4.90 Å². The number of likely N-dealkylation sites (tertiary alicyclic amines) is 1. The molecule has 0 bridgehead atoms. The molecule has 2 rings (SSSR count). The van der Waals surface area contributed by atoms with Crippen molar-refractivity contribution >= 4 is 0 Å². The molecule has 0 spiro atoms. The first-order valence-corrected chi connectivity index (χ1v) is 6.99. The molecule has 0 aliphatic carbocycles. The SMILES string of the molecule is Fc1ccc(CC2CCN(CCC(F)F)CC2)c(F)c1. The van der Waals surface area contributed by atoms with Gasteiger partial charge in [-0.25, -0.2) is 17.6 Å². The summed E-state index contributed by atoms with van der Waals surface area (Å²) in [6.45, 7) is 1.98. The van der Waals surface area contributed by atoms with Crippen LogP contribution in [0, 0.1) is 17.6 Å². The monoisotopic (exact) mass is 289 g/mol. The normalized spacial score (nSPS) is 17.9. The van der Waals surface area contributed by atoms with E-state index < -0.39 is 18.1 Å². The van der Waals surface area contributed by atoms with Crippen molar-refractivity contribution in [1.82, 2.24) is 4.90 Å². The minimum atomic E-state index is -2.25. The second-order valence-corrected chi connectivity index (χ2v) is 5.40. The van der Waals surface area contributed by atoms with Gasteiger partial charge in [-0.3, -0.25) is 0 Å². The summed E-state index contributed by atoms with van der Waals surface area (Å²) in [6, 6.07) is 3.68. The van der Waals surface area contributed by atoms with Gasteiger partial charge in [0, 0.05) is 19.0 Å². The molecule has 1 aliphatic rings. The summed E-state index contributed by atoms with van der Waals surface area (Å²) in [5.74, 6) is -0.712. The first-order chi connectivity index (χ1) is 9.54. The van der Waals surface area contributed by atoms with Gasteiger partial charge < -0.3 is 4.90 Å². The Kier molecular flexibility index (Phi) is 5.40. The highest BCUT2D eigenvalue weighted by molar-refractivity contribution is 5.19. The summed E-state index contributed by atoms with van der Waals surface area (Å²) in [5.41, 5.74) is 0.539. The van der Waals surface area contributed by atoms with Crippen LogP contribution in [0.15, 0.2) is 18.2 Å². The van der Waals surface area contributed by atoms with E-state index >= 15 is 0 Å². The van der Waals surface area contributed by atoms with Crippen molar-refractivity contribution in [2.45, 2.75) is 32.1 Å². The van der Waals surface area contributed by atoms with Gasteiger partial charge in [-0.1, -0.05) is 6.07 Å². The molecule has 0 N–H and O–H groups in total. The van der Waals surface area contributed by atoms with Crippen LogP contribution in [0.25, 0.3) is 0 Å². The molecule has 1 aliphatic heterocycles. The maximum Gasteiger partial charge on any atom is 0.239 e. The number of rotatable bonds is 5. The molecular formula is C15H19F4N. The molecule has 1 saturated heterocycles. The fourth-order valence-corrected chi connectivity index (χ4v) is 2.69. The van der Waals surface area contributed by atoms with Crippen LogP contribution in [0.2, 0.25) is 0 Å². The van der Waals surface area contributed by atoms with Crippen molar-refractivity contribution in [3.63, 3.8) is 0 Å². The van der Waals surface area contributed by atoms with E-state index in [4.69, 9.17) is 0 Å². The maximum atomic E-state index is 13.6. The zero-order valence-electron chi connectivity index (χ0n) is 11.3. The predicted octanol–water partition coefficient (Wildman–Crippen LogP) is 3.87. The average molecular weight is 289 g/mol. The Morgan fingerprint density at radius 3 is 2.45 bits per heavy atom. The summed E-state index contributed by atoms with van der Waals surface area (Å²) < 4.78 is 50.6. The van der Waals surface area contributed by atoms with Gasteiger partial charge in [-0.2, -0.15) is 0 Å². The lowest BCUT2D eigenvalue weighted by Gasteiger charge is -2.32. The molecule has 0 atom stereocenters. The summed E-state index contributed by atoms with van der Waals surface area (Å²) in [7, 11) is 0. The van der Waals surface area contributed by atoms with Crippen LogP contribution in [-0.4, -0.2) is 31.0 Å². The van der Waals surface area contributed by atoms with E-state index in [1.54, 1.807) is 0 Å². The number of hydrogen-bond donors (Lipinski definition) is 0. The van der Waals surface area contributed by atoms with Crippen molar-refractivity contribution in [3.8, 4) is 0 Å². The number of piperidine rings is 1. The molecule has 0 aromatic heterocycles. The fourth-order valence-electron chi connectivity index (χ4n) is 2.69. The second kappa shape index (κ2) is 7.07. The van der Waals surface area contributed by atoms with Gasteiger partial charge in [0.1, 0.15) is 11.6 Å². The van der Waals surface area contributed by atoms with E-state index in [0.717, 1.165) is 32.0 Å². The molecule has 1 heterocycles. The number of halogens is 4. The minimum Gasteiger partial charge on any atom is -0.303 e. The molecule has 0 radical (unpaired) electrons. The number of benzene rings is 1. The highest BCUT2D eigenvalue weighted by Crippen LogP contribution is 2.23. The number of hydrogen-bond acceptors (Lipinski definition) is 1. The first-order valence-electron chi connectivity index (χ1n) is 6.99. The van der Waals surface area contributed by atoms with Crippen LogP contribution in [0.5, 0.6) is 0 Å². The van der Waals surface area contributed by atoms with Crippen molar-refractivity contribution in [2.24, 2.45) is 5.92 Å². The highest BCUT2D eigenvalue weighted by Gasteiger charge is 2.21. The highest BCUT2D eigenvalue weighted by atomic mass is 19.3. The quantitative estimate of drug-likeness (QED) is 0.744. The van der Waals surface area contributed by atoms with Crippen LogP contribution in [0.4, 0.5) is 17.6 Å². The molecule has 1 fully saturated rings. The van der Waals surface area contributed by atoms with Gasteiger partial charge in [0.2, 0.25) is 6.43 Å². The van der Waals surface area contributed by atoms with Gasteiger partial charge in [-0.15, -0.1) is 0 Å². The minimum absolute atomic E-state index is 0.0861. The lowest BCUT2D eigenvalue weighted by Crippen LogP contribution is -2.35. The Bertz CT molecular complexity index is 428. The second-order valence-electron chi connectivity index (χ2n) is 5.40. The van der Waals surface area contributed by atoms with Crippen molar-refractivity contribution in [1.29, 1.82) is 0 Å². The zero-order chi connectivity index (χ0) is 14.5. The number of nitrogens with zero attached hydrogens (tertiary/aromatic N) is 1. The summed E-state index contributed by atoms with van der Waals surface area (Å²) in [5, 5.41) is 0. The van der Waals surface area contributed by atoms with Gasteiger partial charge in [-0.05, 0) is 49.9 Å². The first kappa shape index (κ1) is 15.3. The van der Waals surface area contributed by atoms with E-state index in [1.165, 1.54) is 12.1 Å². The van der Waals surface area contributed by atoms with Crippen LogP contribution in [-0.2, 0) is 6.42 Å². The molecule has 0 amide bonds. The van der Waals surface area contributed by atoms with E-state index in [2.05, 4.69) is 0 Å². The Hall–Kier alpha value is -1.10. The maximum absolute atomic E-state index is 13.6. The van der Waals surface area contributed by atoms with Gasteiger partial charge in [0.15, 0.2) is 0 Å². The standard InChI is InChI=1S/C15H19F4N/c16-13-2-1-12(14(17)10-13)9-11-3-6-20(7-4-11)8-5-15(18)19/h1-2,10-11,15H,3-9H2. The predicted molar refractivity (Wildman–Crippen MR) is 69.8 cm³/mol. The van der Waals surface area contributed by atoms with Crippen molar-refractivity contribution in [3.05, 3.63) is 35.4 Å². The fraction of sp³-hybridized carbons (Fsp3) is 0.600. The largest absolute Gasteiger partial charge is 0.303 e. The van der Waals surface area contributed by atoms with E-state index in [0.29, 0.717) is 24.4 Å². The summed E-state index contributed by atoms with van der Waals surface area (Å²) in [4.78, 5) is 2.03. The molecule has 1 aromatic carbocycles. The van der Waals surface area contributed by atoms with Gasteiger partial charge >= 0.3 is 0 Å². The Balaban J connectivity index is 1.79. The van der Waals surface area contributed by atoms with E-state index in [-0.39, 0.29) is 6.42 Å². The molecule has 5 heteroatoms. The van der Waals surface area contributed by atoms with Gasteiger partial charge in [0.25, 0.3) is 0 Å². The summed E-state index contributed by atoms with van der Waals surface area (Å²) >= 11 is 0. The third-order valence-corrected chi connectivity index (χ3v) is 3.89. The molecule has 112 valence electrons. The van der Waals surface area contributed by atoms with Crippen LogP contribution in [0.3, 0.4) is 0 Å². The zero-order valence-corrected chi connectivity index (χ0v) is 11.3. The lowest BCUT2D eigenvalue weighted by atomic mass is 9.90. The van der Waals surface area contributed by atoms with E-state index in [9.17, 15) is 17.6 Å². The number of alkyl halides is 2. The molecule has 0 saturated carbocycles. The lowest BCUT2D eigenvalue weighted by molar-refractivity contribution is 0.103. The third-order valence-electron chi connectivity index (χ3n) is 3.89. The molecule has 1 nitrogen and oxygen atoms in total. The van der Waals surface area contributed by atoms with Gasteiger partial charge in [0.05, 0.1) is 0 Å². The van der Waals surface area contributed by atoms with Crippen LogP contribution < -0.4 is 0 Å². The average Bonchev–Trinajstić information content (AvgIpc) is 2.41. The van der Waals surface area contributed by atoms with Crippen molar-refractivity contribution < 1.29 is 17.6 Å². The third kappa shape index (κ3) is 4.47. The summed E-state index contributed by atoms with van der Waals surface area (Å²) in [6.07, 6.45) is 0.00708. The molecule has 1 aromatic rings. The Morgan fingerprint density at radius 1 is 1.15 bits per heavy atom. The molecule has 20 heavy (non-hydrogen) atoms. The van der Waals surface area contributed by atoms with Crippen molar-refractivity contribution in [2.75, 3.05) is 19.6 Å². The Labute approximate surface area is 116 Å².